The monoisotopic (exact) mass is 273 g/mol. The van der Waals surface area contributed by atoms with Crippen LogP contribution >= 0.6 is 12.2 Å². The highest BCUT2D eigenvalue weighted by molar-refractivity contribution is 7.80. The maximum Gasteiger partial charge on any atom is 0.239 e. The summed E-state index contributed by atoms with van der Waals surface area (Å²) in [7, 11) is 0. The summed E-state index contributed by atoms with van der Waals surface area (Å²) in [6.07, 6.45) is 1.42. The minimum atomic E-state index is -0.483. The molecule has 0 rings (SSSR count). The van der Waals surface area contributed by atoms with Crippen LogP contribution < -0.4 is 16.4 Å². The number of carbonyl (C=O) groups excluding carboxylic acids is 2. The van der Waals surface area contributed by atoms with Crippen molar-refractivity contribution in [2.24, 2.45) is 17.6 Å². The molecule has 0 aromatic carbocycles. The fourth-order valence-electron chi connectivity index (χ4n) is 1.36. The van der Waals surface area contributed by atoms with Gasteiger partial charge in [0.25, 0.3) is 0 Å². The molecule has 0 spiro atoms. The van der Waals surface area contributed by atoms with Crippen LogP contribution in [0.15, 0.2) is 0 Å². The molecular weight excluding hydrogens is 250 g/mol. The number of rotatable bonds is 8. The van der Waals surface area contributed by atoms with Crippen molar-refractivity contribution in [3.63, 3.8) is 0 Å². The molecule has 0 saturated carbocycles. The van der Waals surface area contributed by atoms with Gasteiger partial charge in [-0.05, 0) is 12.3 Å². The third kappa shape index (κ3) is 7.21. The zero-order chi connectivity index (χ0) is 14.1. The van der Waals surface area contributed by atoms with Crippen molar-refractivity contribution >= 4 is 29.0 Å². The molecule has 0 aliphatic carbocycles. The number of thiocarbonyl (C=S) groups is 1. The first kappa shape index (κ1) is 16.8. The van der Waals surface area contributed by atoms with E-state index >= 15 is 0 Å². The van der Waals surface area contributed by atoms with Crippen molar-refractivity contribution < 1.29 is 9.59 Å². The molecule has 0 bridgehead atoms. The highest BCUT2D eigenvalue weighted by atomic mass is 32.1. The fourth-order valence-corrected chi connectivity index (χ4v) is 1.59. The number of nitrogens with one attached hydrogen (secondary N) is 2. The smallest absolute Gasteiger partial charge is 0.239 e. The van der Waals surface area contributed by atoms with Crippen molar-refractivity contribution in [3.8, 4) is 0 Å². The Bertz CT molecular complexity index is 306. The van der Waals surface area contributed by atoms with Gasteiger partial charge in [0.1, 0.15) is 0 Å². The first-order valence-electron chi connectivity index (χ1n) is 6.22. The molecule has 104 valence electrons. The number of amides is 2. The Morgan fingerprint density at radius 2 is 1.89 bits per heavy atom. The van der Waals surface area contributed by atoms with E-state index in [1.165, 1.54) is 0 Å². The lowest BCUT2D eigenvalue weighted by molar-refractivity contribution is -0.127. The molecule has 18 heavy (non-hydrogen) atoms. The van der Waals surface area contributed by atoms with E-state index in [4.69, 9.17) is 18.0 Å². The van der Waals surface area contributed by atoms with Crippen molar-refractivity contribution in [3.05, 3.63) is 0 Å². The van der Waals surface area contributed by atoms with Gasteiger partial charge < -0.3 is 16.4 Å². The van der Waals surface area contributed by atoms with Crippen LogP contribution in [0.25, 0.3) is 0 Å². The molecule has 1 unspecified atom stereocenters. The van der Waals surface area contributed by atoms with Gasteiger partial charge in [-0.25, -0.2) is 0 Å². The molecule has 0 aromatic heterocycles. The van der Waals surface area contributed by atoms with Crippen molar-refractivity contribution in [1.29, 1.82) is 0 Å². The molecule has 0 heterocycles. The first-order valence-corrected chi connectivity index (χ1v) is 6.63. The second-order valence-corrected chi connectivity index (χ2v) is 5.13. The Labute approximate surface area is 114 Å². The van der Waals surface area contributed by atoms with Crippen LogP contribution in [0.1, 0.15) is 33.6 Å². The van der Waals surface area contributed by atoms with Crippen molar-refractivity contribution in [2.75, 3.05) is 13.1 Å². The van der Waals surface area contributed by atoms with Crippen molar-refractivity contribution in [1.82, 2.24) is 10.6 Å². The molecule has 2 amide bonds. The van der Waals surface area contributed by atoms with Gasteiger partial charge in [0.15, 0.2) is 0 Å². The highest BCUT2D eigenvalue weighted by Crippen LogP contribution is 2.06. The topological polar surface area (TPSA) is 84.2 Å². The zero-order valence-electron chi connectivity index (χ0n) is 11.3. The number of hydrogen-bond acceptors (Lipinski definition) is 3. The highest BCUT2D eigenvalue weighted by Gasteiger charge is 2.20. The summed E-state index contributed by atoms with van der Waals surface area (Å²) in [5.41, 5.74) is 5.50. The predicted octanol–water partition coefficient (Wildman–Crippen LogP) is 0.577. The molecule has 0 saturated heterocycles. The summed E-state index contributed by atoms with van der Waals surface area (Å²) >= 11 is 4.84. The lowest BCUT2D eigenvalue weighted by atomic mass is 10.0. The first-order chi connectivity index (χ1) is 8.38. The second kappa shape index (κ2) is 8.85. The minimum Gasteiger partial charge on any atom is -0.393 e. The van der Waals surface area contributed by atoms with E-state index < -0.39 is 5.92 Å². The van der Waals surface area contributed by atoms with Crippen LogP contribution in [0.5, 0.6) is 0 Å². The van der Waals surface area contributed by atoms with Gasteiger partial charge in [-0.15, -0.1) is 0 Å². The predicted molar refractivity (Wildman–Crippen MR) is 76.0 cm³/mol. The van der Waals surface area contributed by atoms with E-state index in [1.54, 1.807) is 0 Å². The third-order valence-electron chi connectivity index (χ3n) is 2.37. The SMILES string of the molecule is CCCC(C(=O)NCC(=O)NCC(C)C)C(N)=S. The summed E-state index contributed by atoms with van der Waals surface area (Å²) in [6.45, 7) is 6.52. The van der Waals surface area contributed by atoms with Gasteiger partial charge in [-0.1, -0.05) is 39.4 Å². The van der Waals surface area contributed by atoms with Gasteiger partial charge >= 0.3 is 0 Å². The largest absolute Gasteiger partial charge is 0.393 e. The van der Waals surface area contributed by atoms with E-state index in [0.29, 0.717) is 18.9 Å². The van der Waals surface area contributed by atoms with E-state index in [1.807, 2.05) is 20.8 Å². The van der Waals surface area contributed by atoms with Crippen LogP contribution in [0.4, 0.5) is 0 Å². The lowest BCUT2D eigenvalue weighted by Crippen LogP contribution is -2.43. The van der Waals surface area contributed by atoms with Gasteiger partial charge in [0, 0.05) is 6.54 Å². The van der Waals surface area contributed by atoms with Crippen LogP contribution in [-0.4, -0.2) is 29.9 Å². The summed E-state index contributed by atoms with van der Waals surface area (Å²) in [5.74, 6) is -0.573. The van der Waals surface area contributed by atoms with E-state index in [-0.39, 0.29) is 23.3 Å². The van der Waals surface area contributed by atoms with Gasteiger partial charge in [-0.2, -0.15) is 0 Å². The Morgan fingerprint density at radius 3 is 2.33 bits per heavy atom. The molecule has 1 atom stereocenters. The summed E-state index contributed by atoms with van der Waals surface area (Å²) < 4.78 is 0. The summed E-state index contributed by atoms with van der Waals surface area (Å²) in [6, 6.07) is 0. The van der Waals surface area contributed by atoms with E-state index in [2.05, 4.69) is 10.6 Å². The summed E-state index contributed by atoms with van der Waals surface area (Å²) in [5, 5.41) is 5.27. The lowest BCUT2D eigenvalue weighted by Gasteiger charge is -2.14. The Balaban J connectivity index is 4.07. The number of nitrogens with two attached hydrogens (primary N) is 1. The molecule has 0 radical (unpaired) electrons. The summed E-state index contributed by atoms with van der Waals surface area (Å²) in [4.78, 5) is 23.3. The minimum absolute atomic E-state index is 0.0334. The van der Waals surface area contributed by atoms with Crippen LogP contribution in [0.2, 0.25) is 0 Å². The van der Waals surface area contributed by atoms with Gasteiger partial charge in [-0.3, -0.25) is 9.59 Å². The number of carbonyl (C=O) groups is 2. The maximum absolute atomic E-state index is 11.8. The Hall–Kier alpha value is -1.17. The maximum atomic E-state index is 11.8. The second-order valence-electron chi connectivity index (χ2n) is 4.66. The molecule has 5 nitrogen and oxygen atoms in total. The van der Waals surface area contributed by atoms with Gasteiger partial charge in [0.05, 0.1) is 17.5 Å². The average Bonchev–Trinajstić information content (AvgIpc) is 2.29. The quantitative estimate of drug-likeness (QED) is 0.565. The van der Waals surface area contributed by atoms with Crippen LogP contribution in [-0.2, 0) is 9.59 Å². The van der Waals surface area contributed by atoms with E-state index in [9.17, 15) is 9.59 Å². The molecule has 0 aliphatic heterocycles. The molecular formula is C12H23N3O2S. The van der Waals surface area contributed by atoms with E-state index in [0.717, 1.165) is 6.42 Å². The third-order valence-corrected chi connectivity index (χ3v) is 2.65. The molecule has 0 fully saturated rings. The molecule has 0 aliphatic rings. The Morgan fingerprint density at radius 1 is 1.28 bits per heavy atom. The van der Waals surface area contributed by atoms with Gasteiger partial charge in [0.2, 0.25) is 11.8 Å². The zero-order valence-corrected chi connectivity index (χ0v) is 12.1. The molecule has 4 N–H and O–H groups in total. The normalized spacial score (nSPS) is 12.0. The van der Waals surface area contributed by atoms with Crippen molar-refractivity contribution in [2.45, 2.75) is 33.6 Å². The number of hydrogen-bond donors (Lipinski definition) is 3. The standard InChI is InChI=1S/C12H23N3O2S/c1-4-5-9(11(13)18)12(17)15-7-10(16)14-6-8(2)3/h8-9H,4-7H2,1-3H3,(H2,13,18)(H,14,16)(H,15,17). The fraction of sp³-hybridized carbons (Fsp3) is 0.750. The molecule has 6 heteroatoms. The Kier molecular flexibility index (Phi) is 8.28. The molecule has 0 aromatic rings. The van der Waals surface area contributed by atoms with Crippen LogP contribution in [0.3, 0.4) is 0 Å². The average molecular weight is 273 g/mol. The van der Waals surface area contributed by atoms with Crippen LogP contribution in [0, 0.1) is 11.8 Å².